The fraction of sp³-hybridized carbons (Fsp3) is 0.733. The van der Waals surface area contributed by atoms with Gasteiger partial charge in [-0.15, -0.1) is 0 Å². The van der Waals surface area contributed by atoms with E-state index in [2.05, 4.69) is 42.7 Å². The van der Waals surface area contributed by atoms with Crippen LogP contribution in [0.2, 0.25) is 5.15 Å². The Morgan fingerprint density at radius 2 is 1.95 bits per heavy atom. The third-order valence-electron chi connectivity index (χ3n) is 4.26. The van der Waals surface area contributed by atoms with E-state index < -0.39 is 0 Å². The first-order chi connectivity index (χ1) is 8.91. The Kier molecular flexibility index (Phi) is 4.34. The van der Waals surface area contributed by atoms with Crippen LogP contribution in [0.15, 0.2) is 6.07 Å². The molecule has 1 heterocycles. The largest absolute Gasteiger partial charge is 0.357 e. The third-order valence-corrected chi connectivity index (χ3v) is 4.46. The number of aromatic nitrogens is 2. The Balaban J connectivity index is 2.11. The second-order valence-corrected chi connectivity index (χ2v) is 6.71. The Hall–Kier alpha value is -0.830. The molecule has 4 heteroatoms. The zero-order chi connectivity index (χ0) is 14.0. The molecule has 0 bridgehead atoms. The first kappa shape index (κ1) is 14.6. The van der Waals surface area contributed by atoms with E-state index in [4.69, 9.17) is 11.6 Å². The second-order valence-electron chi connectivity index (χ2n) is 6.32. The van der Waals surface area contributed by atoms with Gasteiger partial charge < -0.3 is 4.90 Å². The molecule has 1 aliphatic rings. The van der Waals surface area contributed by atoms with Crippen molar-refractivity contribution in [3.05, 3.63) is 17.0 Å². The maximum Gasteiger partial charge on any atom is 0.134 e. The molecule has 0 spiro atoms. The van der Waals surface area contributed by atoms with E-state index in [1.807, 2.05) is 6.07 Å². The van der Waals surface area contributed by atoms with Gasteiger partial charge in [-0.25, -0.2) is 9.97 Å². The van der Waals surface area contributed by atoms with Crippen molar-refractivity contribution in [1.82, 2.24) is 9.97 Å². The van der Waals surface area contributed by atoms with Gasteiger partial charge in [-0.05, 0) is 31.1 Å². The van der Waals surface area contributed by atoms with E-state index in [1.54, 1.807) is 0 Å². The van der Waals surface area contributed by atoms with Crippen LogP contribution in [0, 0.1) is 5.41 Å². The molecule has 1 fully saturated rings. The van der Waals surface area contributed by atoms with Crippen LogP contribution in [0.5, 0.6) is 0 Å². The lowest BCUT2D eigenvalue weighted by atomic mass is 9.75. The molecule has 1 saturated carbocycles. The number of aryl methyl sites for hydroxylation is 1. The van der Waals surface area contributed by atoms with Crippen LogP contribution < -0.4 is 4.90 Å². The molecule has 1 aliphatic carbocycles. The standard InChI is InChI=1S/C15H24ClN3/c1-5-13-17-12(16)10-14(18-13)19(4)11-6-8-15(2,3)9-7-11/h10-11H,5-9H2,1-4H3. The quantitative estimate of drug-likeness (QED) is 0.781. The van der Waals surface area contributed by atoms with Gasteiger partial charge in [-0.3, -0.25) is 0 Å². The van der Waals surface area contributed by atoms with E-state index >= 15 is 0 Å². The summed E-state index contributed by atoms with van der Waals surface area (Å²) < 4.78 is 0. The lowest BCUT2D eigenvalue weighted by Crippen LogP contribution is -2.37. The predicted octanol–water partition coefficient (Wildman–Crippen LogP) is 4.10. The Morgan fingerprint density at radius 3 is 2.53 bits per heavy atom. The van der Waals surface area contributed by atoms with Gasteiger partial charge in [0.25, 0.3) is 0 Å². The van der Waals surface area contributed by atoms with E-state index in [1.165, 1.54) is 25.7 Å². The maximum absolute atomic E-state index is 6.08. The molecule has 0 unspecified atom stereocenters. The minimum atomic E-state index is 0.495. The van der Waals surface area contributed by atoms with Gasteiger partial charge in [0.1, 0.15) is 16.8 Å². The van der Waals surface area contributed by atoms with Crippen LogP contribution in [-0.4, -0.2) is 23.1 Å². The molecule has 3 nitrogen and oxygen atoms in total. The van der Waals surface area contributed by atoms with Gasteiger partial charge in [0.15, 0.2) is 0 Å². The summed E-state index contributed by atoms with van der Waals surface area (Å²) in [5.41, 5.74) is 0.495. The van der Waals surface area contributed by atoms with Crippen LogP contribution in [-0.2, 0) is 6.42 Å². The normalized spacial score (nSPS) is 19.4. The lowest BCUT2D eigenvalue weighted by molar-refractivity contribution is 0.222. The number of nitrogens with zero attached hydrogens (tertiary/aromatic N) is 3. The summed E-state index contributed by atoms with van der Waals surface area (Å²) in [7, 11) is 2.13. The van der Waals surface area contributed by atoms with E-state index in [-0.39, 0.29) is 0 Å². The van der Waals surface area contributed by atoms with Crippen molar-refractivity contribution in [1.29, 1.82) is 0 Å². The number of anilines is 1. The molecule has 2 rings (SSSR count). The molecular formula is C15H24ClN3. The van der Waals surface area contributed by atoms with Gasteiger partial charge in [0.05, 0.1) is 0 Å². The number of halogens is 1. The molecule has 0 radical (unpaired) electrons. The summed E-state index contributed by atoms with van der Waals surface area (Å²) in [6.07, 6.45) is 5.83. The van der Waals surface area contributed by atoms with Crippen LogP contribution in [0.1, 0.15) is 52.3 Å². The van der Waals surface area contributed by atoms with Crippen LogP contribution in [0.4, 0.5) is 5.82 Å². The molecule has 0 atom stereocenters. The van der Waals surface area contributed by atoms with Crippen molar-refractivity contribution in [2.24, 2.45) is 5.41 Å². The molecular weight excluding hydrogens is 258 g/mol. The topological polar surface area (TPSA) is 29.0 Å². The van der Waals surface area contributed by atoms with Crippen LogP contribution in [0.25, 0.3) is 0 Å². The molecule has 1 aromatic rings. The number of rotatable bonds is 3. The van der Waals surface area contributed by atoms with Crippen LogP contribution >= 0.6 is 11.6 Å². The number of hydrogen-bond donors (Lipinski definition) is 0. The summed E-state index contributed by atoms with van der Waals surface area (Å²) in [6.45, 7) is 6.78. The average Bonchev–Trinajstić information content (AvgIpc) is 2.37. The summed E-state index contributed by atoms with van der Waals surface area (Å²) in [4.78, 5) is 11.1. The average molecular weight is 282 g/mol. The second kappa shape index (κ2) is 5.66. The first-order valence-electron chi connectivity index (χ1n) is 7.17. The Bertz CT molecular complexity index is 435. The molecule has 0 N–H and O–H groups in total. The highest BCUT2D eigenvalue weighted by Gasteiger charge is 2.29. The highest BCUT2D eigenvalue weighted by molar-refractivity contribution is 6.29. The minimum absolute atomic E-state index is 0.495. The van der Waals surface area contributed by atoms with E-state index in [0.29, 0.717) is 16.6 Å². The molecule has 0 aromatic carbocycles. The Labute approximate surface area is 121 Å². The van der Waals surface area contributed by atoms with Gasteiger partial charge >= 0.3 is 0 Å². The monoisotopic (exact) mass is 281 g/mol. The molecule has 0 amide bonds. The molecule has 19 heavy (non-hydrogen) atoms. The SMILES string of the molecule is CCc1nc(Cl)cc(N(C)C2CCC(C)(C)CC2)n1. The van der Waals surface area contributed by atoms with Crippen molar-refractivity contribution in [3.63, 3.8) is 0 Å². The van der Waals surface area contributed by atoms with Crippen molar-refractivity contribution >= 4 is 17.4 Å². The molecule has 0 saturated heterocycles. The minimum Gasteiger partial charge on any atom is -0.357 e. The smallest absolute Gasteiger partial charge is 0.134 e. The van der Waals surface area contributed by atoms with E-state index in [0.717, 1.165) is 18.1 Å². The van der Waals surface area contributed by atoms with Crippen molar-refractivity contribution in [3.8, 4) is 0 Å². The summed E-state index contributed by atoms with van der Waals surface area (Å²) >= 11 is 6.08. The van der Waals surface area contributed by atoms with Gasteiger partial charge in [0, 0.05) is 25.6 Å². The lowest BCUT2D eigenvalue weighted by Gasteiger charge is -2.39. The fourth-order valence-corrected chi connectivity index (χ4v) is 2.94. The molecule has 0 aliphatic heterocycles. The van der Waals surface area contributed by atoms with E-state index in [9.17, 15) is 0 Å². The third kappa shape index (κ3) is 3.59. The fourth-order valence-electron chi connectivity index (χ4n) is 2.75. The zero-order valence-corrected chi connectivity index (χ0v) is 13.2. The molecule has 1 aromatic heterocycles. The highest BCUT2D eigenvalue weighted by atomic mass is 35.5. The van der Waals surface area contributed by atoms with Gasteiger partial charge in [0.2, 0.25) is 0 Å². The maximum atomic E-state index is 6.08. The first-order valence-corrected chi connectivity index (χ1v) is 7.55. The zero-order valence-electron chi connectivity index (χ0n) is 12.4. The predicted molar refractivity (Wildman–Crippen MR) is 80.9 cm³/mol. The number of hydrogen-bond acceptors (Lipinski definition) is 3. The molecule has 106 valence electrons. The van der Waals surface area contributed by atoms with Gasteiger partial charge in [-0.1, -0.05) is 32.4 Å². The summed E-state index contributed by atoms with van der Waals surface area (Å²) in [6, 6.07) is 2.45. The highest BCUT2D eigenvalue weighted by Crippen LogP contribution is 2.37. The van der Waals surface area contributed by atoms with Crippen molar-refractivity contribution in [2.45, 2.75) is 58.9 Å². The Morgan fingerprint density at radius 1 is 1.32 bits per heavy atom. The van der Waals surface area contributed by atoms with Crippen molar-refractivity contribution < 1.29 is 0 Å². The summed E-state index contributed by atoms with van der Waals surface area (Å²) in [5, 5.41) is 0.546. The van der Waals surface area contributed by atoms with Gasteiger partial charge in [-0.2, -0.15) is 0 Å². The summed E-state index contributed by atoms with van der Waals surface area (Å²) in [5.74, 6) is 1.78. The van der Waals surface area contributed by atoms with Crippen LogP contribution in [0.3, 0.4) is 0 Å². The van der Waals surface area contributed by atoms with Crippen molar-refractivity contribution in [2.75, 3.05) is 11.9 Å².